The van der Waals surface area contributed by atoms with Crippen LogP contribution in [0.4, 0.5) is 17.5 Å². The molecule has 0 saturated carbocycles. The van der Waals surface area contributed by atoms with Gasteiger partial charge in [0.05, 0.1) is 17.6 Å². The van der Waals surface area contributed by atoms with E-state index in [9.17, 15) is 9.90 Å². The van der Waals surface area contributed by atoms with Crippen molar-refractivity contribution in [3.05, 3.63) is 54.6 Å². The van der Waals surface area contributed by atoms with Crippen molar-refractivity contribution >= 4 is 23.4 Å². The van der Waals surface area contributed by atoms with E-state index in [0.29, 0.717) is 23.9 Å². The molecule has 6 rings (SSSR count). The van der Waals surface area contributed by atoms with E-state index in [1.807, 2.05) is 39.9 Å². The Morgan fingerprint density at radius 2 is 1.94 bits per heavy atom. The standard InChI is InChI=1S/C24H24N8O3/c1-30-11-7-24(34,22(30)33)20-13-19(29-35-20)16-5-2-4-15(12-16)18-6-8-26-23(28-18)31-9-3-10-32-21(31)17(25)14-27-32/h2,4-6,8,12-14,34H,3,7,9-11,25H2,1H3. The molecule has 35 heavy (non-hydrogen) atoms. The van der Waals surface area contributed by atoms with E-state index in [4.69, 9.17) is 15.2 Å². The summed E-state index contributed by atoms with van der Waals surface area (Å²) in [5, 5.41) is 19.3. The maximum atomic E-state index is 12.4. The fourth-order valence-corrected chi connectivity index (χ4v) is 4.70. The van der Waals surface area contributed by atoms with E-state index in [2.05, 4.69) is 15.2 Å². The molecule has 2 aliphatic rings. The molecule has 0 radical (unpaired) electrons. The molecule has 0 bridgehead atoms. The van der Waals surface area contributed by atoms with Gasteiger partial charge in [-0.05, 0) is 18.6 Å². The lowest BCUT2D eigenvalue weighted by Crippen LogP contribution is -2.35. The second-order valence-corrected chi connectivity index (χ2v) is 8.89. The second-order valence-electron chi connectivity index (χ2n) is 8.89. The van der Waals surface area contributed by atoms with Crippen LogP contribution in [0.3, 0.4) is 0 Å². The molecule has 1 fully saturated rings. The highest BCUT2D eigenvalue weighted by Crippen LogP contribution is 2.36. The molecule has 11 nitrogen and oxygen atoms in total. The number of anilines is 3. The lowest BCUT2D eigenvalue weighted by molar-refractivity contribution is -0.144. The first-order chi connectivity index (χ1) is 16.9. The Labute approximate surface area is 200 Å². The number of nitrogens with zero attached hydrogens (tertiary/aromatic N) is 7. The third-order valence-electron chi connectivity index (χ3n) is 6.61. The maximum Gasteiger partial charge on any atom is 0.262 e. The molecular formula is C24H24N8O3. The van der Waals surface area contributed by atoms with Crippen molar-refractivity contribution in [3.8, 4) is 22.5 Å². The molecule has 0 aliphatic carbocycles. The number of carbonyl (C=O) groups excluding carboxylic acids is 1. The van der Waals surface area contributed by atoms with Crippen molar-refractivity contribution in [2.24, 2.45) is 0 Å². The van der Waals surface area contributed by atoms with Crippen molar-refractivity contribution in [2.75, 3.05) is 30.8 Å². The molecule has 0 spiro atoms. The van der Waals surface area contributed by atoms with Crippen molar-refractivity contribution in [1.29, 1.82) is 0 Å². The van der Waals surface area contributed by atoms with Crippen molar-refractivity contribution in [1.82, 2.24) is 29.8 Å². The summed E-state index contributed by atoms with van der Waals surface area (Å²) in [6.07, 6.45) is 4.56. The molecule has 1 aromatic carbocycles. The maximum absolute atomic E-state index is 12.4. The molecule has 3 N–H and O–H groups in total. The van der Waals surface area contributed by atoms with Gasteiger partial charge in [0.25, 0.3) is 5.91 Å². The smallest absolute Gasteiger partial charge is 0.262 e. The summed E-state index contributed by atoms with van der Waals surface area (Å²) in [4.78, 5) is 25.2. The van der Waals surface area contributed by atoms with Gasteiger partial charge in [-0.25, -0.2) is 14.6 Å². The molecule has 1 unspecified atom stereocenters. The van der Waals surface area contributed by atoms with Crippen molar-refractivity contribution < 1.29 is 14.4 Å². The fourth-order valence-electron chi connectivity index (χ4n) is 4.70. The fraction of sp³-hybridized carbons (Fsp3) is 0.292. The summed E-state index contributed by atoms with van der Waals surface area (Å²) in [7, 11) is 1.66. The van der Waals surface area contributed by atoms with Crippen LogP contribution in [-0.2, 0) is 16.9 Å². The van der Waals surface area contributed by atoms with Crippen LogP contribution in [0.5, 0.6) is 0 Å². The molecule has 3 aromatic heterocycles. The largest absolute Gasteiger partial charge is 0.394 e. The van der Waals surface area contributed by atoms with Gasteiger partial charge in [-0.1, -0.05) is 23.4 Å². The number of aliphatic hydroxyl groups is 1. The Morgan fingerprint density at radius 1 is 1.11 bits per heavy atom. The minimum atomic E-state index is -1.68. The Bertz CT molecular complexity index is 1430. The molecule has 5 heterocycles. The van der Waals surface area contributed by atoms with Crippen LogP contribution in [0.1, 0.15) is 18.6 Å². The number of benzene rings is 1. The lowest BCUT2D eigenvalue weighted by atomic mass is 9.98. The van der Waals surface area contributed by atoms with Crippen LogP contribution >= 0.6 is 0 Å². The average molecular weight is 473 g/mol. The van der Waals surface area contributed by atoms with Gasteiger partial charge in [0.15, 0.2) is 11.6 Å². The molecule has 178 valence electrons. The van der Waals surface area contributed by atoms with Crippen molar-refractivity contribution in [3.63, 3.8) is 0 Å². The zero-order chi connectivity index (χ0) is 24.2. The normalized spacial score (nSPS) is 19.9. The zero-order valence-corrected chi connectivity index (χ0v) is 19.1. The average Bonchev–Trinajstić information content (AvgIpc) is 3.60. The van der Waals surface area contributed by atoms with Crippen molar-refractivity contribution in [2.45, 2.75) is 25.0 Å². The lowest BCUT2D eigenvalue weighted by Gasteiger charge is -2.28. The predicted octanol–water partition coefficient (Wildman–Crippen LogP) is 2.17. The molecule has 2 aliphatic heterocycles. The number of carbonyl (C=O) groups is 1. The van der Waals surface area contributed by atoms with E-state index in [1.165, 1.54) is 4.90 Å². The number of likely N-dealkylation sites (N-methyl/N-ethyl adjacent to an activating group) is 1. The third kappa shape index (κ3) is 3.43. The Balaban J connectivity index is 1.32. The number of nitrogen functional groups attached to an aromatic ring is 1. The summed E-state index contributed by atoms with van der Waals surface area (Å²) in [6.45, 7) is 2.01. The molecule has 4 aromatic rings. The number of nitrogens with two attached hydrogens (primary N) is 1. The van der Waals surface area contributed by atoms with Gasteiger partial charge in [-0.15, -0.1) is 0 Å². The molecule has 1 saturated heterocycles. The Hall–Kier alpha value is -4.25. The first kappa shape index (κ1) is 21.3. The number of fused-ring (bicyclic) bond motifs is 1. The monoisotopic (exact) mass is 472 g/mol. The number of amides is 1. The number of aryl methyl sites for hydroxylation is 1. The summed E-state index contributed by atoms with van der Waals surface area (Å²) < 4.78 is 7.28. The molecule has 1 atom stereocenters. The van der Waals surface area contributed by atoms with Crippen LogP contribution in [0.2, 0.25) is 0 Å². The summed E-state index contributed by atoms with van der Waals surface area (Å²) in [5.74, 6) is 1.12. The van der Waals surface area contributed by atoms with Gasteiger partial charge in [0.1, 0.15) is 5.69 Å². The van der Waals surface area contributed by atoms with Crippen LogP contribution < -0.4 is 10.6 Å². The highest BCUT2D eigenvalue weighted by molar-refractivity contribution is 5.87. The number of aromatic nitrogens is 5. The van der Waals surface area contributed by atoms with Crippen LogP contribution in [0.15, 0.2) is 53.3 Å². The topological polar surface area (TPSA) is 139 Å². The van der Waals surface area contributed by atoms with Gasteiger partial charge in [-0.2, -0.15) is 5.10 Å². The van der Waals surface area contributed by atoms with E-state index in [0.717, 1.165) is 42.1 Å². The van der Waals surface area contributed by atoms with Gasteiger partial charge in [-0.3, -0.25) is 9.69 Å². The third-order valence-corrected chi connectivity index (χ3v) is 6.61. The number of hydrogen-bond donors (Lipinski definition) is 2. The van der Waals surface area contributed by atoms with Crippen LogP contribution in [-0.4, -0.2) is 61.0 Å². The highest BCUT2D eigenvalue weighted by atomic mass is 16.5. The summed E-state index contributed by atoms with van der Waals surface area (Å²) in [5.41, 5.74) is 7.98. The van der Waals surface area contributed by atoms with E-state index in [1.54, 1.807) is 25.5 Å². The summed E-state index contributed by atoms with van der Waals surface area (Å²) in [6, 6.07) is 11.2. The number of rotatable bonds is 4. The van der Waals surface area contributed by atoms with Crippen LogP contribution in [0.25, 0.3) is 22.5 Å². The number of hydrogen-bond acceptors (Lipinski definition) is 9. The van der Waals surface area contributed by atoms with E-state index < -0.39 is 5.60 Å². The molecular weight excluding hydrogens is 448 g/mol. The first-order valence-corrected chi connectivity index (χ1v) is 11.4. The quantitative estimate of drug-likeness (QED) is 0.457. The number of likely N-dealkylation sites (tertiary alicyclic amines) is 1. The van der Waals surface area contributed by atoms with E-state index >= 15 is 0 Å². The van der Waals surface area contributed by atoms with Crippen LogP contribution in [0, 0.1) is 0 Å². The Morgan fingerprint density at radius 3 is 2.74 bits per heavy atom. The second kappa shape index (κ2) is 7.91. The van der Waals surface area contributed by atoms with Gasteiger partial charge < -0.3 is 20.3 Å². The highest BCUT2D eigenvalue weighted by Gasteiger charge is 2.48. The predicted molar refractivity (Wildman–Crippen MR) is 127 cm³/mol. The first-order valence-electron chi connectivity index (χ1n) is 11.4. The molecule has 1 amide bonds. The minimum absolute atomic E-state index is 0.149. The van der Waals surface area contributed by atoms with E-state index in [-0.39, 0.29) is 18.1 Å². The Kier molecular flexibility index (Phi) is 4.81. The minimum Gasteiger partial charge on any atom is -0.394 e. The van der Waals surface area contributed by atoms with Gasteiger partial charge >= 0.3 is 0 Å². The summed E-state index contributed by atoms with van der Waals surface area (Å²) >= 11 is 0. The molecule has 11 heteroatoms. The SMILES string of the molecule is CN1CCC(O)(c2cc(-c3cccc(-c4ccnc(N5CCCn6ncc(N)c65)n4)c3)no2)C1=O. The zero-order valence-electron chi connectivity index (χ0n) is 19.1. The van der Waals surface area contributed by atoms with Gasteiger partial charge in [0.2, 0.25) is 11.5 Å². The van der Waals surface area contributed by atoms with Gasteiger partial charge in [0, 0.05) is 56.5 Å².